The number of carbonyl (C=O) groups is 2. The molecule has 1 aromatic carbocycles. The topological polar surface area (TPSA) is 94.1 Å². The number of esters is 1. The van der Waals surface area contributed by atoms with Crippen molar-refractivity contribution in [1.82, 2.24) is 5.32 Å². The number of ether oxygens (including phenoxy) is 3. The van der Waals surface area contributed by atoms with Crippen LogP contribution < -0.4 is 10.1 Å². The summed E-state index contributed by atoms with van der Waals surface area (Å²) in [5.74, 6) is -0.660. The lowest BCUT2D eigenvalue weighted by Gasteiger charge is -2.22. The number of aliphatic hydroxyl groups excluding tert-OH is 1. The number of hydrogen-bond donors (Lipinski definition) is 2. The molecule has 0 bridgehead atoms. The molecule has 1 amide bonds. The van der Waals surface area contributed by atoms with Crippen LogP contribution in [0.4, 0.5) is 0 Å². The van der Waals surface area contributed by atoms with E-state index < -0.39 is 24.0 Å². The Morgan fingerprint density at radius 2 is 1.81 bits per heavy atom. The summed E-state index contributed by atoms with van der Waals surface area (Å²) in [4.78, 5) is 23.3. The molecular formula is C14H19NO6. The van der Waals surface area contributed by atoms with E-state index in [1.54, 1.807) is 24.3 Å². The lowest BCUT2D eigenvalue weighted by Crippen LogP contribution is -2.46. The van der Waals surface area contributed by atoms with Crippen LogP contribution in [0.5, 0.6) is 5.75 Å². The van der Waals surface area contributed by atoms with Crippen LogP contribution in [0.2, 0.25) is 0 Å². The summed E-state index contributed by atoms with van der Waals surface area (Å²) in [5.41, 5.74) is 0.448. The van der Waals surface area contributed by atoms with E-state index in [1.165, 1.54) is 21.3 Å². The van der Waals surface area contributed by atoms with Crippen molar-refractivity contribution in [2.24, 2.45) is 0 Å². The fourth-order valence-corrected chi connectivity index (χ4v) is 1.73. The highest BCUT2D eigenvalue weighted by atomic mass is 16.5. The Hall–Kier alpha value is -2.12. The van der Waals surface area contributed by atoms with Crippen LogP contribution in [0.25, 0.3) is 0 Å². The van der Waals surface area contributed by atoms with Gasteiger partial charge in [0.15, 0.2) is 6.04 Å². The smallest absolute Gasteiger partial charge is 0.331 e. The van der Waals surface area contributed by atoms with E-state index in [0.29, 0.717) is 11.3 Å². The number of rotatable bonds is 7. The third-order valence-corrected chi connectivity index (χ3v) is 2.82. The highest BCUT2D eigenvalue weighted by molar-refractivity contribution is 5.85. The highest BCUT2D eigenvalue weighted by Crippen LogP contribution is 2.21. The lowest BCUT2D eigenvalue weighted by molar-refractivity contribution is -0.149. The fraction of sp³-hybridized carbons (Fsp3) is 0.429. The predicted octanol–water partition coefficient (Wildman–Crippen LogP) is 0.0328. The fourth-order valence-electron chi connectivity index (χ4n) is 1.73. The summed E-state index contributed by atoms with van der Waals surface area (Å²) in [6.45, 7) is -0.219. The minimum absolute atomic E-state index is 0.219. The van der Waals surface area contributed by atoms with Crippen molar-refractivity contribution in [2.75, 3.05) is 27.9 Å². The SMILES string of the molecule is COCC(=O)NC(C(=O)OC)C(O)c1ccc(OC)cc1. The molecule has 0 saturated heterocycles. The van der Waals surface area contributed by atoms with Crippen molar-refractivity contribution in [2.45, 2.75) is 12.1 Å². The van der Waals surface area contributed by atoms with Gasteiger partial charge in [-0.2, -0.15) is 0 Å². The third kappa shape index (κ3) is 4.73. The van der Waals surface area contributed by atoms with Crippen molar-refractivity contribution in [3.05, 3.63) is 29.8 Å². The predicted molar refractivity (Wildman–Crippen MR) is 73.8 cm³/mol. The molecule has 7 nitrogen and oxygen atoms in total. The number of benzene rings is 1. The summed E-state index contributed by atoms with van der Waals surface area (Å²) in [6.07, 6.45) is -1.25. The molecule has 1 aromatic rings. The normalized spacial score (nSPS) is 13.1. The Labute approximate surface area is 122 Å². The van der Waals surface area contributed by atoms with Gasteiger partial charge in [-0.25, -0.2) is 4.79 Å². The molecule has 0 heterocycles. The Kier molecular flexibility index (Phi) is 6.64. The van der Waals surface area contributed by atoms with Gasteiger partial charge in [-0.05, 0) is 17.7 Å². The highest BCUT2D eigenvalue weighted by Gasteiger charge is 2.30. The molecule has 1 rings (SSSR count). The van der Waals surface area contributed by atoms with Gasteiger partial charge in [0.05, 0.1) is 14.2 Å². The number of carbonyl (C=O) groups excluding carboxylic acids is 2. The van der Waals surface area contributed by atoms with Gasteiger partial charge in [-0.1, -0.05) is 12.1 Å². The molecule has 0 spiro atoms. The first-order valence-corrected chi connectivity index (χ1v) is 6.21. The second-order valence-electron chi connectivity index (χ2n) is 4.22. The largest absolute Gasteiger partial charge is 0.497 e. The van der Waals surface area contributed by atoms with Gasteiger partial charge in [0.25, 0.3) is 0 Å². The number of hydrogen-bond acceptors (Lipinski definition) is 6. The van der Waals surface area contributed by atoms with Crippen molar-refractivity contribution < 1.29 is 28.9 Å². The van der Waals surface area contributed by atoms with Crippen molar-refractivity contribution >= 4 is 11.9 Å². The number of amides is 1. The number of aliphatic hydroxyl groups is 1. The Balaban J connectivity index is 2.90. The minimum atomic E-state index is -1.25. The van der Waals surface area contributed by atoms with E-state index in [1.807, 2.05) is 0 Å². The molecule has 0 saturated carbocycles. The average Bonchev–Trinajstić information content (AvgIpc) is 2.51. The van der Waals surface area contributed by atoms with Crippen LogP contribution in [0.1, 0.15) is 11.7 Å². The van der Waals surface area contributed by atoms with Crippen LogP contribution in [0, 0.1) is 0 Å². The maximum absolute atomic E-state index is 11.7. The Morgan fingerprint density at radius 3 is 2.29 bits per heavy atom. The second kappa shape index (κ2) is 8.23. The van der Waals surface area contributed by atoms with Gasteiger partial charge < -0.3 is 24.6 Å². The molecule has 116 valence electrons. The molecule has 0 aliphatic rings. The molecule has 0 aliphatic carbocycles. The van der Waals surface area contributed by atoms with Gasteiger partial charge in [0.1, 0.15) is 18.5 Å². The molecule has 7 heteroatoms. The summed E-state index contributed by atoms with van der Waals surface area (Å²) >= 11 is 0. The van der Waals surface area contributed by atoms with Crippen LogP contribution in [0.3, 0.4) is 0 Å². The molecule has 0 aromatic heterocycles. The third-order valence-electron chi connectivity index (χ3n) is 2.82. The average molecular weight is 297 g/mol. The first kappa shape index (κ1) is 16.9. The van der Waals surface area contributed by atoms with Crippen molar-refractivity contribution in [3.63, 3.8) is 0 Å². The zero-order valence-electron chi connectivity index (χ0n) is 12.2. The number of nitrogens with one attached hydrogen (secondary N) is 1. The maximum atomic E-state index is 11.7. The Morgan fingerprint density at radius 1 is 1.19 bits per heavy atom. The molecule has 2 N–H and O–H groups in total. The quantitative estimate of drug-likeness (QED) is 0.690. The lowest BCUT2D eigenvalue weighted by atomic mass is 10.0. The van der Waals surface area contributed by atoms with E-state index in [4.69, 9.17) is 4.74 Å². The zero-order chi connectivity index (χ0) is 15.8. The van der Waals surface area contributed by atoms with Gasteiger partial charge in [-0.15, -0.1) is 0 Å². The molecule has 0 fully saturated rings. The summed E-state index contributed by atoms with van der Waals surface area (Å²) in [7, 11) is 4.05. The number of methoxy groups -OCH3 is 3. The van der Waals surface area contributed by atoms with Gasteiger partial charge >= 0.3 is 5.97 Å². The van der Waals surface area contributed by atoms with E-state index in [-0.39, 0.29) is 6.61 Å². The monoisotopic (exact) mass is 297 g/mol. The molecule has 0 radical (unpaired) electrons. The maximum Gasteiger partial charge on any atom is 0.331 e. The minimum Gasteiger partial charge on any atom is -0.497 e. The summed E-state index contributed by atoms with van der Waals surface area (Å²) < 4.78 is 14.3. The van der Waals surface area contributed by atoms with E-state index in [0.717, 1.165) is 0 Å². The van der Waals surface area contributed by atoms with Crippen LogP contribution in [0.15, 0.2) is 24.3 Å². The first-order valence-electron chi connectivity index (χ1n) is 6.21. The van der Waals surface area contributed by atoms with Crippen LogP contribution in [-0.4, -0.2) is 51.0 Å². The van der Waals surface area contributed by atoms with Gasteiger partial charge in [0, 0.05) is 7.11 Å². The second-order valence-corrected chi connectivity index (χ2v) is 4.22. The van der Waals surface area contributed by atoms with E-state index >= 15 is 0 Å². The van der Waals surface area contributed by atoms with Crippen molar-refractivity contribution in [1.29, 1.82) is 0 Å². The standard InChI is InChI=1S/C14H19NO6/c1-19-8-11(16)15-12(14(18)21-3)13(17)9-4-6-10(20-2)7-5-9/h4-7,12-13,17H,8H2,1-3H3,(H,15,16). The Bertz CT molecular complexity index is 473. The van der Waals surface area contributed by atoms with Crippen LogP contribution in [-0.2, 0) is 19.1 Å². The zero-order valence-corrected chi connectivity index (χ0v) is 12.2. The van der Waals surface area contributed by atoms with E-state index in [2.05, 4.69) is 14.8 Å². The summed E-state index contributed by atoms with van der Waals surface area (Å²) in [6, 6.07) is 5.27. The summed E-state index contributed by atoms with van der Waals surface area (Å²) in [5, 5.41) is 12.6. The molecule has 21 heavy (non-hydrogen) atoms. The van der Waals surface area contributed by atoms with Crippen molar-refractivity contribution in [3.8, 4) is 5.75 Å². The molecular weight excluding hydrogens is 278 g/mol. The first-order chi connectivity index (χ1) is 10.0. The molecule has 0 aliphatic heterocycles. The molecule has 2 unspecified atom stereocenters. The van der Waals surface area contributed by atoms with Gasteiger partial charge in [0.2, 0.25) is 5.91 Å². The molecule has 2 atom stereocenters. The van der Waals surface area contributed by atoms with Gasteiger partial charge in [-0.3, -0.25) is 4.79 Å². The van der Waals surface area contributed by atoms with E-state index in [9.17, 15) is 14.7 Å². The van der Waals surface area contributed by atoms with Crippen LogP contribution >= 0.6 is 0 Å².